The van der Waals surface area contributed by atoms with E-state index >= 15 is 0 Å². The molecular formula is C11H18FNO4. The second kappa shape index (κ2) is 4.89. The molecule has 0 aromatic rings. The molecule has 0 aromatic heterocycles. The summed E-state index contributed by atoms with van der Waals surface area (Å²) in [5.41, 5.74) is -0.660. The molecule has 0 aromatic carbocycles. The van der Waals surface area contributed by atoms with Gasteiger partial charge < -0.3 is 9.47 Å². The summed E-state index contributed by atoms with van der Waals surface area (Å²) in [6.07, 6.45) is -2.72. The quantitative estimate of drug-likeness (QED) is 0.663. The van der Waals surface area contributed by atoms with Gasteiger partial charge in [0, 0.05) is 13.3 Å². The second-order valence-electron chi connectivity index (χ2n) is 5.03. The van der Waals surface area contributed by atoms with Crippen LogP contribution in [0.4, 0.5) is 9.18 Å². The summed E-state index contributed by atoms with van der Waals surface area (Å²) in [5, 5.41) is 0. The minimum absolute atomic E-state index is 0.00117. The fourth-order valence-corrected chi connectivity index (χ4v) is 1.57. The highest BCUT2D eigenvalue weighted by Crippen LogP contribution is 2.23. The van der Waals surface area contributed by atoms with Crippen molar-refractivity contribution >= 4 is 12.1 Å². The maximum Gasteiger partial charge on any atom is 0.413 e. The highest BCUT2D eigenvalue weighted by atomic mass is 19.1. The average Bonchev–Trinajstić information content (AvgIpc) is 2.42. The van der Waals surface area contributed by atoms with Crippen molar-refractivity contribution in [2.75, 3.05) is 6.54 Å². The van der Waals surface area contributed by atoms with Crippen LogP contribution in [0.15, 0.2) is 0 Å². The van der Waals surface area contributed by atoms with Crippen LogP contribution in [0.5, 0.6) is 0 Å². The predicted molar refractivity (Wildman–Crippen MR) is 58.0 cm³/mol. The van der Waals surface area contributed by atoms with E-state index in [9.17, 15) is 14.0 Å². The Morgan fingerprint density at radius 1 is 1.35 bits per heavy atom. The van der Waals surface area contributed by atoms with Crippen LogP contribution in [0.3, 0.4) is 0 Å². The van der Waals surface area contributed by atoms with Gasteiger partial charge in [-0.05, 0) is 20.8 Å². The van der Waals surface area contributed by atoms with Crippen molar-refractivity contribution in [3.8, 4) is 0 Å². The largest absolute Gasteiger partial charge is 0.444 e. The summed E-state index contributed by atoms with van der Waals surface area (Å²) in [6.45, 7) is 6.27. The van der Waals surface area contributed by atoms with Gasteiger partial charge >= 0.3 is 12.1 Å². The Bertz CT molecular complexity index is 313. The molecule has 0 bridgehead atoms. The van der Waals surface area contributed by atoms with Crippen LogP contribution in [0.25, 0.3) is 0 Å². The van der Waals surface area contributed by atoms with Crippen LogP contribution >= 0.6 is 0 Å². The van der Waals surface area contributed by atoms with Gasteiger partial charge in [-0.25, -0.2) is 9.18 Å². The highest BCUT2D eigenvalue weighted by Gasteiger charge is 2.39. The van der Waals surface area contributed by atoms with Crippen molar-refractivity contribution < 1.29 is 23.5 Å². The van der Waals surface area contributed by atoms with Crippen molar-refractivity contribution in [1.29, 1.82) is 0 Å². The lowest BCUT2D eigenvalue weighted by atomic mass is 10.2. The number of alkyl halides is 1. The molecular weight excluding hydrogens is 229 g/mol. The number of carbonyl (C=O) groups excluding carboxylic acids is 2. The van der Waals surface area contributed by atoms with Crippen LogP contribution < -0.4 is 0 Å². The molecule has 1 aliphatic rings. The number of esters is 1. The molecule has 6 heteroatoms. The Morgan fingerprint density at radius 3 is 2.41 bits per heavy atom. The number of ether oxygens (including phenoxy) is 2. The fraction of sp³-hybridized carbons (Fsp3) is 0.818. The Labute approximate surface area is 99.9 Å². The van der Waals surface area contributed by atoms with Gasteiger partial charge in [-0.1, -0.05) is 0 Å². The van der Waals surface area contributed by atoms with E-state index in [1.807, 2.05) is 0 Å². The summed E-state index contributed by atoms with van der Waals surface area (Å²) < 4.78 is 23.2. The second-order valence-corrected chi connectivity index (χ2v) is 5.03. The zero-order valence-corrected chi connectivity index (χ0v) is 10.5. The van der Waals surface area contributed by atoms with Crippen molar-refractivity contribution in [3.05, 3.63) is 0 Å². The number of carbonyl (C=O) groups is 2. The summed E-state index contributed by atoms with van der Waals surface area (Å²) in [5.74, 6) is -0.544. The minimum Gasteiger partial charge on any atom is -0.444 e. The smallest absolute Gasteiger partial charge is 0.413 e. The number of nitrogens with zero attached hydrogens (tertiary/aromatic N) is 1. The third-order valence-electron chi connectivity index (χ3n) is 2.13. The summed E-state index contributed by atoms with van der Waals surface area (Å²) in [4.78, 5) is 23.7. The molecule has 0 radical (unpaired) electrons. The molecule has 1 unspecified atom stereocenters. The summed E-state index contributed by atoms with van der Waals surface area (Å²) in [7, 11) is 0. The van der Waals surface area contributed by atoms with Gasteiger partial charge in [0.25, 0.3) is 0 Å². The fourth-order valence-electron chi connectivity index (χ4n) is 1.57. The first-order chi connectivity index (χ1) is 7.69. The van der Waals surface area contributed by atoms with Crippen LogP contribution in [-0.2, 0) is 14.3 Å². The van der Waals surface area contributed by atoms with Crippen molar-refractivity contribution in [1.82, 2.24) is 4.90 Å². The molecule has 1 amide bonds. The van der Waals surface area contributed by atoms with Crippen LogP contribution in [0.2, 0.25) is 0 Å². The van der Waals surface area contributed by atoms with Crippen molar-refractivity contribution in [3.63, 3.8) is 0 Å². The first-order valence-electron chi connectivity index (χ1n) is 5.50. The first kappa shape index (κ1) is 13.7. The lowest BCUT2D eigenvalue weighted by molar-refractivity contribution is -0.152. The molecule has 1 aliphatic heterocycles. The standard InChI is InChI=1S/C11H18FNO4/c1-7(14)16-9-5-8(12)6-13(9)10(15)17-11(2,3)4/h8-9H,5-6H2,1-4H3/t8?,9-/m0/s1. The molecule has 5 nitrogen and oxygen atoms in total. The van der Waals surface area contributed by atoms with Crippen LogP contribution in [-0.4, -0.2) is 41.5 Å². The van der Waals surface area contributed by atoms with Gasteiger partial charge in [0.2, 0.25) is 0 Å². The van der Waals surface area contributed by atoms with E-state index in [1.54, 1.807) is 20.8 Å². The molecule has 1 heterocycles. The minimum atomic E-state index is -1.19. The van der Waals surface area contributed by atoms with Gasteiger partial charge in [0.1, 0.15) is 11.8 Å². The lowest BCUT2D eigenvalue weighted by Crippen LogP contribution is -2.41. The molecule has 0 spiro atoms. The van der Waals surface area contributed by atoms with Crippen molar-refractivity contribution in [2.24, 2.45) is 0 Å². The van der Waals surface area contributed by atoms with E-state index in [0.717, 1.165) is 4.90 Å². The number of rotatable bonds is 1. The molecule has 1 fully saturated rings. The summed E-state index contributed by atoms with van der Waals surface area (Å²) in [6, 6.07) is 0. The third kappa shape index (κ3) is 4.20. The molecule has 0 aliphatic carbocycles. The molecule has 0 saturated carbocycles. The van der Waals surface area contributed by atoms with Gasteiger partial charge in [-0.3, -0.25) is 9.69 Å². The predicted octanol–water partition coefficient (Wildman–Crippen LogP) is 1.85. The van der Waals surface area contributed by atoms with Gasteiger partial charge in [-0.15, -0.1) is 0 Å². The first-order valence-corrected chi connectivity index (χ1v) is 5.50. The van der Waals surface area contributed by atoms with Crippen LogP contribution in [0, 0.1) is 0 Å². The molecule has 2 atom stereocenters. The molecule has 17 heavy (non-hydrogen) atoms. The molecule has 1 rings (SSSR count). The summed E-state index contributed by atoms with van der Waals surface area (Å²) >= 11 is 0. The zero-order chi connectivity index (χ0) is 13.2. The van der Waals surface area contributed by atoms with E-state index in [4.69, 9.17) is 9.47 Å². The van der Waals surface area contributed by atoms with E-state index in [-0.39, 0.29) is 13.0 Å². The van der Waals surface area contributed by atoms with E-state index in [2.05, 4.69) is 0 Å². The SMILES string of the molecule is CC(=O)O[C@H]1CC(F)CN1C(=O)OC(C)(C)C. The Morgan fingerprint density at radius 2 is 1.94 bits per heavy atom. The number of likely N-dealkylation sites (tertiary alicyclic amines) is 1. The topological polar surface area (TPSA) is 55.8 Å². The maximum atomic E-state index is 13.2. The average molecular weight is 247 g/mol. The third-order valence-corrected chi connectivity index (χ3v) is 2.13. The molecule has 98 valence electrons. The Hall–Kier alpha value is -1.33. The monoisotopic (exact) mass is 247 g/mol. The number of hydrogen-bond acceptors (Lipinski definition) is 4. The highest BCUT2D eigenvalue weighted by molar-refractivity contribution is 5.70. The van der Waals surface area contributed by atoms with E-state index in [0.29, 0.717) is 0 Å². The molecule has 1 saturated heterocycles. The lowest BCUT2D eigenvalue weighted by Gasteiger charge is -2.27. The number of hydrogen-bond donors (Lipinski definition) is 0. The number of amides is 1. The van der Waals surface area contributed by atoms with Crippen molar-refractivity contribution in [2.45, 2.75) is 52.1 Å². The van der Waals surface area contributed by atoms with E-state index in [1.165, 1.54) is 6.92 Å². The van der Waals surface area contributed by atoms with E-state index < -0.39 is 30.1 Å². The molecule has 0 N–H and O–H groups in total. The Kier molecular flexibility index (Phi) is 3.95. The number of halogens is 1. The Balaban J connectivity index is 2.66. The normalized spacial score (nSPS) is 24.6. The zero-order valence-electron chi connectivity index (χ0n) is 10.5. The maximum absolute atomic E-state index is 13.2. The van der Waals surface area contributed by atoms with Crippen LogP contribution in [0.1, 0.15) is 34.1 Å². The van der Waals surface area contributed by atoms with Gasteiger partial charge in [0.15, 0.2) is 6.23 Å². The van der Waals surface area contributed by atoms with Gasteiger partial charge in [0.05, 0.1) is 6.54 Å². The van der Waals surface area contributed by atoms with Gasteiger partial charge in [-0.2, -0.15) is 0 Å².